The molecule has 1 aliphatic heterocycles. The number of cyclic esters (lactones) is 1. The molecule has 0 saturated carbocycles. The summed E-state index contributed by atoms with van der Waals surface area (Å²) >= 11 is 6.45. The summed E-state index contributed by atoms with van der Waals surface area (Å²) in [6.45, 7) is 2.55. The van der Waals surface area contributed by atoms with Crippen LogP contribution in [0.25, 0.3) is 11.8 Å². The summed E-state index contributed by atoms with van der Waals surface area (Å²) in [6, 6.07) is 12.6. The third-order valence-corrected chi connectivity index (χ3v) is 5.09. The average Bonchev–Trinajstić information content (AvgIpc) is 3.30. The number of halogens is 2. The van der Waals surface area contributed by atoms with Crippen LogP contribution < -0.4 is 4.90 Å². The molecule has 6 nitrogen and oxygen atoms in total. The first-order chi connectivity index (χ1) is 14.4. The first-order valence-electron chi connectivity index (χ1n) is 9.22. The van der Waals surface area contributed by atoms with Crippen LogP contribution in [-0.2, 0) is 4.74 Å². The number of nitrogens with zero attached hydrogens (tertiary/aromatic N) is 3. The third kappa shape index (κ3) is 3.84. The minimum absolute atomic E-state index is 0.241. The number of aryl methyl sites for hydroxylation is 1. The monoisotopic (exact) mass is 425 g/mol. The lowest BCUT2D eigenvalue weighted by molar-refractivity contribution is 0.104. The van der Waals surface area contributed by atoms with E-state index >= 15 is 0 Å². The van der Waals surface area contributed by atoms with Crippen LogP contribution in [0.15, 0.2) is 54.6 Å². The van der Waals surface area contributed by atoms with Crippen LogP contribution >= 0.6 is 11.6 Å². The molecule has 8 heteroatoms. The number of hydrogen-bond acceptors (Lipinski definition) is 4. The Labute approximate surface area is 177 Å². The molecule has 1 amide bonds. The van der Waals surface area contributed by atoms with E-state index in [0.29, 0.717) is 46.5 Å². The van der Waals surface area contributed by atoms with Crippen LogP contribution in [-0.4, -0.2) is 34.8 Å². The Kier molecular flexibility index (Phi) is 5.37. The molecule has 1 saturated heterocycles. The third-order valence-electron chi connectivity index (χ3n) is 4.72. The molecule has 0 unspecified atom stereocenters. The molecule has 152 valence electrons. The topological polar surface area (TPSA) is 64.4 Å². The maximum absolute atomic E-state index is 13.2. The SMILES string of the molecule is Cc1nn(-c2ccc(F)cc2)c(Cl)c1/C=C\C(=O)c1cccc(N2CCOC2=O)c1. The molecule has 2 aromatic carbocycles. The van der Waals surface area contributed by atoms with Gasteiger partial charge in [0, 0.05) is 16.8 Å². The number of aromatic nitrogens is 2. The molecule has 3 aromatic rings. The van der Waals surface area contributed by atoms with Gasteiger partial charge in [0.15, 0.2) is 5.78 Å². The number of ether oxygens (including phenoxy) is 1. The first kappa shape index (κ1) is 19.8. The van der Waals surface area contributed by atoms with Crippen molar-refractivity contribution in [3.05, 3.63) is 82.4 Å². The Morgan fingerprint density at radius 2 is 1.97 bits per heavy atom. The van der Waals surface area contributed by atoms with Crippen molar-refractivity contribution in [1.82, 2.24) is 9.78 Å². The van der Waals surface area contributed by atoms with Gasteiger partial charge < -0.3 is 4.74 Å². The first-order valence-corrected chi connectivity index (χ1v) is 9.59. The zero-order chi connectivity index (χ0) is 21.3. The Bertz CT molecular complexity index is 1150. The molecule has 4 rings (SSSR count). The maximum Gasteiger partial charge on any atom is 0.414 e. The average molecular weight is 426 g/mol. The lowest BCUT2D eigenvalue weighted by atomic mass is 10.1. The number of amides is 1. The normalized spacial score (nSPS) is 13.8. The second-order valence-electron chi connectivity index (χ2n) is 6.69. The molecule has 1 fully saturated rings. The number of benzene rings is 2. The summed E-state index contributed by atoms with van der Waals surface area (Å²) < 4.78 is 19.6. The molecule has 2 heterocycles. The van der Waals surface area contributed by atoms with E-state index in [0.717, 1.165) is 0 Å². The van der Waals surface area contributed by atoms with Gasteiger partial charge >= 0.3 is 6.09 Å². The van der Waals surface area contributed by atoms with E-state index in [2.05, 4.69) is 5.10 Å². The minimum Gasteiger partial charge on any atom is -0.447 e. The summed E-state index contributed by atoms with van der Waals surface area (Å²) in [7, 11) is 0. The van der Waals surface area contributed by atoms with Gasteiger partial charge in [0.25, 0.3) is 0 Å². The van der Waals surface area contributed by atoms with Crippen LogP contribution in [0.5, 0.6) is 0 Å². The Balaban J connectivity index is 1.58. The second-order valence-corrected chi connectivity index (χ2v) is 7.05. The molecular weight excluding hydrogens is 409 g/mol. The fourth-order valence-electron chi connectivity index (χ4n) is 3.16. The van der Waals surface area contributed by atoms with E-state index in [9.17, 15) is 14.0 Å². The quantitative estimate of drug-likeness (QED) is 0.434. The smallest absolute Gasteiger partial charge is 0.414 e. The second kappa shape index (κ2) is 8.12. The fraction of sp³-hybridized carbons (Fsp3) is 0.136. The summed E-state index contributed by atoms with van der Waals surface area (Å²) in [5, 5.41) is 4.69. The molecule has 30 heavy (non-hydrogen) atoms. The van der Waals surface area contributed by atoms with Gasteiger partial charge in [-0.15, -0.1) is 0 Å². The van der Waals surface area contributed by atoms with Crippen molar-refractivity contribution >= 4 is 35.2 Å². The van der Waals surface area contributed by atoms with E-state index < -0.39 is 6.09 Å². The van der Waals surface area contributed by atoms with Crippen LogP contribution in [0, 0.1) is 12.7 Å². The van der Waals surface area contributed by atoms with E-state index in [1.807, 2.05) is 0 Å². The molecule has 0 bridgehead atoms. The van der Waals surface area contributed by atoms with Crippen molar-refractivity contribution in [1.29, 1.82) is 0 Å². The fourth-order valence-corrected chi connectivity index (χ4v) is 3.50. The molecule has 0 N–H and O–H groups in total. The van der Waals surface area contributed by atoms with Crippen molar-refractivity contribution in [2.75, 3.05) is 18.1 Å². The number of carbonyl (C=O) groups is 2. The standard InChI is InChI=1S/C22H17ClFN3O3/c1-14-19(21(23)27(25-14)17-7-5-16(24)6-8-17)9-10-20(28)15-3-2-4-18(13-15)26-11-12-30-22(26)29/h2-10,13H,11-12H2,1H3/b10-9-. The van der Waals surface area contributed by atoms with Crippen LogP contribution in [0.1, 0.15) is 21.6 Å². The number of anilines is 1. The van der Waals surface area contributed by atoms with Gasteiger partial charge in [-0.3, -0.25) is 9.69 Å². The summed E-state index contributed by atoms with van der Waals surface area (Å²) in [6.07, 6.45) is 2.58. The van der Waals surface area contributed by atoms with Crippen molar-refractivity contribution in [2.24, 2.45) is 0 Å². The van der Waals surface area contributed by atoms with Gasteiger partial charge in [-0.2, -0.15) is 5.10 Å². The van der Waals surface area contributed by atoms with Gasteiger partial charge in [0.1, 0.15) is 17.6 Å². The van der Waals surface area contributed by atoms with Gasteiger partial charge in [-0.1, -0.05) is 23.7 Å². The van der Waals surface area contributed by atoms with E-state index in [4.69, 9.17) is 16.3 Å². The number of hydrogen-bond donors (Lipinski definition) is 0. The van der Waals surface area contributed by atoms with Crippen molar-refractivity contribution < 1.29 is 18.7 Å². The number of rotatable bonds is 5. The van der Waals surface area contributed by atoms with E-state index in [-0.39, 0.29) is 11.6 Å². The van der Waals surface area contributed by atoms with Crippen LogP contribution in [0.2, 0.25) is 5.15 Å². The van der Waals surface area contributed by atoms with Crippen LogP contribution in [0.4, 0.5) is 14.9 Å². The zero-order valence-electron chi connectivity index (χ0n) is 16.0. The highest BCUT2D eigenvalue weighted by molar-refractivity contribution is 6.31. The predicted octanol–water partition coefficient (Wildman–Crippen LogP) is 4.83. The van der Waals surface area contributed by atoms with Crippen molar-refractivity contribution in [3.63, 3.8) is 0 Å². The molecule has 1 aliphatic rings. The Hall–Kier alpha value is -3.45. The Morgan fingerprint density at radius 1 is 1.20 bits per heavy atom. The van der Waals surface area contributed by atoms with Gasteiger partial charge in [0.05, 0.1) is 17.9 Å². The molecule has 0 spiro atoms. The van der Waals surface area contributed by atoms with E-state index in [1.165, 1.54) is 27.8 Å². The number of carbonyl (C=O) groups excluding carboxylic acids is 2. The summed E-state index contributed by atoms with van der Waals surface area (Å²) in [5.41, 5.74) is 2.87. The largest absolute Gasteiger partial charge is 0.447 e. The number of ketones is 1. The van der Waals surface area contributed by atoms with Crippen molar-refractivity contribution in [2.45, 2.75) is 6.92 Å². The maximum atomic E-state index is 13.2. The molecule has 0 radical (unpaired) electrons. The highest BCUT2D eigenvalue weighted by Gasteiger charge is 2.24. The lowest BCUT2D eigenvalue weighted by Gasteiger charge is -2.13. The Morgan fingerprint density at radius 3 is 2.67 bits per heavy atom. The van der Waals surface area contributed by atoms with Crippen molar-refractivity contribution in [3.8, 4) is 5.69 Å². The van der Waals surface area contributed by atoms with E-state index in [1.54, 1.807) is 49.4 Å². The predicted molar refractivity (Wildman–Crippen MR) is 112 cm³/mol. The van der Waals surface area contributed by atoms with Gasteiger partial charge in [-0.25, -0.2) is 13.9 Å². The summed E-state index contributed by atoms with van der Waals surface area (Å²) in [5.74, 6) is -0.594. The van der Waals surface area contributed by atoms with Gasteiger partial charge in [0.2, 0.25) is 0 Å². The molecule has 0 aliphatic carbocycles. The lowest BCUT2D eigenvalue weighted by Crippen LogP contribution is -2.23. The van der Waals surface area contributed by atoms with Gasteiger partial charge in [-0.05, 0) is 55.5 Å². The highest BCUT2D eigenvalue weighted by atomic mass is 35.5. The molecule has 0 atom stereocenters. The minimum atomic E-state index is -0.425. The number of allylic oxidation sites excluding steroid dienone is 1. The molecule has 1 aromatic heterocycles. The van der Waals surface area contributed by atoms with Crippen LogP contribution in [0.3, 0.4) is 0 Å². The summed E-state index contributed by atoms with van der Waals surface area (Å²) in [4.78, 5) is 25.9. The molecular formula is C22H17ClFN3O3. The highest BCUT2D eigenvalue weighted by Crippen LogP contribution is 2.25. The zero-order valence-corrected chi connectivity index (χ0v) is 16.8.